The lowest BCUT2D eigenvalue weighted by atomic mass is 9.96. The summed E-state index contributed by atoms with van der Waals surface area (Å²) in [5.74, 6) is 1.45. The number of rotatable bonds is 4. The van der Waals surface area contributed by atoms with E-state index in [2.05, 4.69) is 57.9 Å². The zero-order chi connectivity index (χ0) is 34.7. The fourth-order valence-corrected chi connectivity index (χ4v) is 7.16. The Kier molecular flexibility index (Phi) is 8.09. The van der Waals surface area contributed by atoms with Gasteiger partial charge in [-0.15, -0.1) is 0 Å². The predicted molar refractivity (Wildman–Crippen MR) is 187 cm³/mol. The Labute approximate surface area is 287 Å². The van der Waals surface area contributed by atoms with E-state index in [4.69, 9.17) is 19.2 Å². The van der Waals surface area contributed by atoms with Crippen LogP contribution in [0.5, 0.6) is 0 Å². The van der Waals surface area contributed by atoms with Crippen molar-refractivity contribution < 1.29 is 23.8 Å². The fourth-order valence-electron chi connectivity index (χ4n) is 7.16. The molecule has 5 heterocycles. The standard InChI is InChI=1S/C38H46N6O5/c1-23-17-30(43(21-23)34(45)48-36(2,3)4)32-39-20-29(42-32)25-11-9-24(10-12-25)26-13-14-27-28(18-26)41-33(40-27)31-19-38(15-8-16-47-38)22-44(31)35(46)49-37(5,6)7/h9-14,18,20,30-31H,1,8,15-17,19,21-22H2,2-7H3,(H,39,42)(H,40,41)/t30-,31-,38-/m0/s1. The van der Waals surface area contributed by atoms with Gasteiger partial charge in [0.25, 0.3) is 0 Å². The molecule has 0 unspecified atom stereocenters. The molecule has 0 bridgehead atoms. The maximum absolute atomic E-state index is 13.3. The van der Waals surface area contributed by atoms with Crippen molar-refractivity contribution in [3.63, 3.8) is 0 Å². The van der Waals surface area contributed by atoms with Crippen molar-refractivity contribution in [2.24, 2.45) is 0 Å². The molecule has 2 N–H and O–H groups in total. The molecule has 7 rings (SSSR count). The maximum Gasteiger partial charge on any atom is 0.411 e. The van der Waals surface area contributed by atoms with Gasteiger partial charge in [-0.25, -0.2) is 19.6 Å². The molecular weight excluding hydrogens is 620 g/mol. The predicted octanol–water partition coefficient (Wildman–Crippen LogP) is 8.09. The van der Waals surface area contributed by atoms with Gasteiger partial charge >= 0.3 is 12.2 Å². The molecule has 2 amide bonds. The van der Waals surface area contributed by atoms with E-state index in [1.807, 2.05) is 47.6 Å². The number of carbonyl (C=O) groups excluding carboxylic acids is 2. The number of hydrogen-bond acceptors (Lipinski definition) is 7. The molecule has 3 fully saturated rings. The molecule has 1 spiro atoms. The number of ether oxygens (including phenoxy) is 3. The molecule has 0 aliphatic carbocycles. The molecular formula is C38H46N6O5. The molecule has 3 atom stereocenters. The van der Waals surface area contributed by atoms with Gasteiger partial charge in [-0.05, 0) is 89.6 Å². The summed E-state index contributed by atoms with van der Waals surface area (Å²) in [5, 5.41) is 0. The van der Waals surface area contributed by atoms with Gasteiger partial charge in [-0.2, -0.15) is 0 Å². The fraction of sp³-hybridized carbons (Fsp3) is 0.474. The number of aromatic amines is 2. The smallest absolute Gasteiger partial charge is 0.411 e. The van der Waals surface area contributed by atoms with Gasteiger partial charge in [0, 0.05) is 19.6 Å². The van der Waals surface area contributed by atoms with Crippen LogP contribution in [-0.2, 0) is 14.2 Å². The Morgan fingerprint density at radius 2 is 1.57 bits per heavy atom. The summed E-state index contributed by atoms with van der Waals surface area (Å²) < 4.78 is 17.6. The van der Waals surface area contributed by atoms with Crippen LogP contribution in [0.25, 0.3) is 33.4 Å². The van der Waals surface area contributed by atoms with Gasteiger partial charge in [0.1, 0.15) is 22.9 Å². The number of imidazole rings is 2. The van der Waals surface area contributed by atoms with E-state index in [1.54, 1.807) is 16.0 Å². The van der Waals surface area contributed by atoms with Gasteiger partial charge in [0.05, 0.1) is 47.2 Å². The number of likely N-dealkylation sites (tertiary alicyclic amines) is 2. The van der Waals surface area contributed by atoms with Crippen LogP contribution in [-0.4, -0.2) is 78.4 Å². The summed E-state index contributed by atoms with van der Waals surface area (Å²) in [6.45, 7) is 17.0. The average Bonchev–Trinajstić information content (AvgIpc) is 3.86. The molecule has 11 nitrogen and oxygen atoms in total. The van der Waals surface area contributed by atoms with Crippen molar-refractivity contribution in [3.8, 4) is 22.4 Å². The van der Waals surface area contributed by atoms with Crippen LogP contribution < -0.4 is 0 Å². The first-order chi connectivity index (χ1) is 23.2. The number of nitrogens with zero attached hydrogens (tertiary/aromatic N) is 4. The van der Waals surface area contributed by atoms with E-state index < -0.39 is 11.2 Å². The van der Waals surface area contributed by atoms with Crippen LogP contribution in [0.1, 0.15) is 91.0 Å². The molecule has 2 aromatic carbocycles. The van der Waals surface area contributed by atoms with E-state index >= 15 is 0 Å². The molecule has 49 heavy (non-hydrogen) atoms. The van der Waals surface area contributed by atoms with Crippen LogP contribution in [0.4, 0.5) is 9.59 Å². The number of aromatic nitrogens is 4. The zero-order valence-electron chi connectivity index (χ0n) is 29.3. The zero-order valence-corrected chi connectivity index (χ0v) is 29.3. The Morgan fingerprint density at radius 1 is 0.898 bits per heavy atom. The first-order valence-electron chi connectivity index (χ1n) is 17.1. The minimum absolute atomic E-state index is 0.252. The van der Waals surface area contributed by atoms with Crippen LogP contribution >= 0.6 is 0 Å². The number of carbonyl (C=O) groups is 2. The number of fused-ring (bicyclic) bond motifs is 1. The highest BCUT2D eigenvalue weighted by Crippen LogP contribution is 2.45. The number of H-pyrrole nitrogens is 2. The minimum atomic E-state index is -0.597. The van der Waals surface area contributed by atoms with Crippen molar-refractivity contribution in [1.29, 1.82) is 0 Å². The number of benzene rings is 2. The van der Waals surface area contributed by atoms with Crippen LogP contribution in [0.3, 0.4) is 0 Å². The van der Waals surface area contributed by atoms with E-state index in [-0.39, 0.29) is 29.9 Å². The first kappa shape index (κ1) is 32.9. The van der Waals surface area contributed by atoms with E-state index in [1.165, 1.54) is 0 Å². The molecule has 3 aliphatic rings. The van der Waals surface area contributed by atoms with Gasteiger partial charge in [0.2, 0.25) is 0 Å². The number of nitrogens with one attached hydrogen (secondary N) is 2. The van der Waals surface area contributed by atoms with Crippen LogP contribution in [0.2, 0.25) is 0 Å². The Hall–Kier alpha value is -4.64. The maximum atomic E-state index is 13.3. The molecule has 11 heteroatoms. The quantitative estimate of drug-likeness (QED) is 0.211. The molecule has 258 valence electrons. The normalized spacial score (nSPS) is 22.9. The van der Waals surface area contributed by atoms with Crippen LogP contribution in [0, 0.1) is 0 Å². The monoisotopic (exact) mass is 666 g/mol. The van der Waals surface area contributed by atoms with Crippen molar-refractivity contribution in [2.45, 2.75) is 96.1 Å². The topological polar surface area (TPSA) is 126 Å². The molecule has 3 aliphatic heterocycles. The molecule has 2 aromatic heterocycles. The number of hydrogen-bond donors (Lipinski definition) is 2. The lowest BCUT2D eigenvalue weighted by Gasteiger charge is -2.28. The molecule has 0 radical (unpaired) electrons. The highest BCUT2D eigenvalue weighted by atomic mass is 16.6. The van der Waals surface area contributed by atoms with Crippen molar-refractivity contribution in [3.05, 3.63) is 72.5 Å². The van der Waals surface area contributed by atoms with Crippen LogP contribution in [0.15, 0.2) is 60.8 Å². The second-order valence-electron chi connectivity index (χ2n) is 15.7. The van der Waals surface area contributed by atoms with E-state index in [9.17, 15) is 9.59 Å². The van der Waals surface area contributed by atoms with Gasteiger partial charge < -0.3 is 24.2 Å². The summed E-state index contributed by atoms with van der Waals surface area (Å²) in [5.41, 5.74) is 5.13. The number of amides is 2. The summed E-state index contributed by atoms with van der Waals surface area (Å²) in [6.07, 6.45) is 4.33. The second-order valence-corrected chi connectivity index (χ2v) is 15.7. The summed E-state index contributed by atoms with van der Waals surface area (Å²) >= 11 is 0. The summed E-state index contributed by atoms with van der Waals surface area (Å²) in [4.78, 5) is 46.2. The van der Waals surface area contributed by atoms with E-state index in [0.29, 0.717) is 38.4 Å². The highest BCUT2D eigenvalue weighted by molar-refractivity contribution is 5.83. The average molecular weight is 667 g/mol. The summed E-state index contributed by atoms with van der Waals surface area (Å²) in [6, 6.07) is 14.0. The molecule has 4 aromatic rings. The third-order valence-corrected chi connectivity index (χ3v) is 9.35. The van der Waals surface area contributed by atoms with Gasteiger partial charge in [0.15, 0.2) is 0 Å². The second kappa shape index (κ2) is 12.0. The molecule has 0 saturated carbocycles. The van der Waals surface area contributed by atoms with E-state index in [0.717, 1.165) is 57.7 Å². The lowest BCUT2D eigenvalue weighted by molar-refractivity contribution is -0.0000158. The summed E-state index contributed by atoms with van der Waals surface area (Å²) in [7, 11) is 0. The third kappa shape index (κ3) is 6.81. The highest BCUT2D eigenvalue weighted by Gasteiger charge is 2.51. The van der Waals surface area contributed by atoms with Crippen molar-refractivity contribution >= 4 is 23.2 Å². The largest absolute Gasteiger partial charge is 0.444 e. The Morgan fingerprint density at radius 3 is 2.24 bits per heavy atom. The van der Waals surface area contributed by atoms with Crippen molar-refractivity contribution in [2.75, 3.05) is 19.7 Å². The van der Waals surface area contributed by atoms with Gasteiger partial charge in [-0.1, -0.05) is 42.5 Å². The van der Waals surface area contributed by atoms with Crippen molar-refractivity contribution in [1.82, 2.24) is 29.7 Å². The van der Waals surface area contributed by atoms with Gasteiger partial charge in [-0.3, -0.25) is 9.80 Å². The lowest BCUT2D eigenvalue weighted by Crippen LogP contribution is -2.39. The Bertz CT molecular complexity index is 1890. The minimum Gasteiger partial charge on any atom is -0.444 e. The Balaban J connectivity index is 1.09. The third-order valence-electron chi connectivity index (χ3n) is 9.35. The SMILES string of the molecule is C=C1C[C@@H](c2ncc(-c3ccc(-c4ccc5nc([C@@H]6C[C@@]7(CCCO7)CN6C(=O)OC(C)(C)C)[nH]c5c4)cc3)[nH]2)N(C(=O)OC(C)(C)C)C1. The first-order valence-corrected chi connectivity index (χ1v) is 17.1. The molecule has 3 saturated heterocycles.